The molecule has 2 rings (SSSR count). The maximum atomic E-state index is 13.4. The Morgan fingerprint density at radius 2 is 1.89 bits per heavy atom. The first-order valence-electron chi connectivity index (χ1n) is 5.75. The maximum absolute atomic E-state index is 13.4. The van der Waals surface area contributed by atoms with E-state index in [0.29, 0.717) is 5.56 Å². The highest BCUT2D eigenvalue weighted by Crippen LogP contribution is 2.27. The monoisotopic (exact) mass is 260 g/mol. The molecule has 0 amide bonds. The Hall–Kier alpha value is -2.36. The largest absolute Gasteiger partial charge is 0.478 e. The van der Waals surface area contributed by atoms with Crippen molar-refractivity contribution in [3.63, 3.8) is 0 Å². The van der Waals surface area contributed by atoms with Crippen LogP contribution in [-0.4, -0.2) is 11.1 Å². The Labute approximate surface area is 110 Å². The molecule has 0 saturated carbocycles. The van der Waals surface area contributed by atoms with Gasteiger partial charge in [-0.1, -0.05) is 12.1 Å². The van der Waals surface area contributed by atoms with Crippen molar-refractivity contribution >= 4 is 5.97 Å². The number of hydrogen-bond donors (Lipinski definition) is 1. The normalized spacial score (nSPS) is 10.3. The number of carboxylic acids is 1. The summed E-state index contributed by atoms with van der Waals surface area (Å²) in [4.78, 5) is 11.1. The molecule has 0 aliphatic carbocycles. The zero-order valence-electron chi connectivity index (χ0n) is 10.6. The fraction of sp³-hybridized carbons (Fsp3) is 0.133. The van der Waals surface area contributed by atoms with Gasteiger partial charge in [-0.2, -0.15) is 0 Å². The summed E-state index contributed by atoms with van der Waals surface area (Å²) in [6, 6.07) is 9.20. The molecule has 19 heavy (non-hydrogen) atoms. The van der Waals surface area contributed by atoms with Crippen molar-refractivity contribution in [3.8, 4) is 11.5 Å². The van der Waals surface area contributed by atoms with Crippen LogP contribution >= 0.6 is 0 Å². The topological polar surface area (TPSA) is 46.5 Å². The standard InChI is InChI=1S/C15H13FO3/c1-9-3-6-12(15(17)18)14(7-9)19-11-5-4-10(2)13(16)8-11/h3-8H,1-2H3,(H,17,18). The van der Waals surface area contributed by atoms with E-state index in [-0.39, 0.29) is 22.9 Å². The molecule has 0 aromatic heterocycles. The van der Waals surface area contributed by atoms with Gasteiger partial charge in [-0.05, 0) is 43.2 Å². The summed E-state index contributed by atoms with van der Waals surface area (Å²) < 4.78 is 18.9. The predicted molar refractivity (Wildman–Crippen MR) is 69.3 cm³/mol. The van der Waals surface area contributed by atoms with Gasteiger partial charge < -0.3 is 9.84 Å². The van der Waals surface area contributed by atoms with Gasteiger partial charge in [0.15, 0.2) is 0 Å². The van der Waals surface area contributed by atoms with Gasteiger partial charge in [-0.3, -0.25) is 0 Å². The summed E-state index contributed by atoms with van der Waals surface area (Å²) in [7, 11) is 0. The first kappa shape index (κ1) is 13.1. The van der Waals surface area contributed by atoms with Gasteiger partial charge in [-0.15, -0.1) is 0 Å². The number of benzene rings is 2. The molecule has 0 heterocycles. The van der Waals surface area contributed by atoms with E-state index in [1.807, 2.05) is 6.92 Å². The minimum Gasteiger partial charge on any atom is -0.478 e. The van der Waals surface area contributed by atoms with Crippen molar-refractivity contribution < 1.29 is 19.0 Å². The lowest BCUT2D eigenvalue weighted by atomic mass is 10.1. The molecular weight excluding hydrogens is 247 g/mol. The molecule has 0 aliphatic heterocycles. The van der Waals surface area contributed by atoms with Crippen LogP contribution in [0.5, 0.6) is 11.5 Å². The van der Waals surface area contributed by atoms with Crippen LogP contribution in [-0.2, 0) is 0 Å². The quantitative estimate of drug-likeness (QED) is 0.909. The summed E-state index contributed by atoms with van der Waals surface area (Å²) in [5.74, 6) is -0.989. The highest BCUT2D eigenvalue weighted by molar-refractivity contribution is 5.91. The van der Waals surface area contributed by atoms with Crippen LogP contribution in [0.4, 0.5) is 4.39 Å². The lowest BCUT2D eigenvalue weighted by molar-refractivity contribution is 0.0694. The number of rotatable bonds is 3. The Morgan fingerprint density at radius 1 is 1.16 bits per heavy atom. The first-order chi connectivity index (χ1) is 8.97. The van der Waals surface area contributed by atoms with Crippen LogP contribution in [0.2, 0.25) is 0 Å². The second-order valence-electron chi connectivity index (χ2n) is 4.32. The third kappa shape index (κ3) is 2.91. The number of carboxylic acid groups (broad SMARTS) is 1. The van der Waals surface area contributed by atoms with Gasteiger partial charge in [0.25, 0.3) is 0 Å². The van der Waals surface area contributed by atoms with Gasteiger partial charge in [0.1, 0.15) is 22.9 Å². The summed E-state index contributed by atoms with van der Waals surface area (Å²) in [5.41, 5.74) is 1.43. The van der Waals surface area contributed by atoms with Gasteiger partial charge in [0.2, 0.25) is 0 Å². The third-order valence-electron chi connectivity index (χ3n) is 2.74. The van der Waals surface area contributed by atoms with E-state index >= 15 is 0 Å². The third-order valence-corrected chi connectivity index (χ3v) is 2.74. The van der Waals surface area contributed by atoms with E-state index < -0.39 is 5.97 Å². The van der Waals surface area contributed by atoms with Gasteiger partial charge in [0.05, 0.1) is 0 Å². The van der Waals surface area contributed by atoms with E-state index in [1.54, 1.807) is 31.2 Å². The highest BCUT2D eigenvalue weighted by atomic mass is 19.1. The fourth-order valence-electron chi connectivity index (χ4n) is 1.65. The molecule has 0 unspecified atom stereocenters. The molecule has 98 valence electrons. The van der Waals surface area contributed by atoms with Gasteiger partial charge in [0, 0.05) is 6.07 Å². The lowest BCUT2D eigenvalue weighted by Gasteiger charge is -2.10. The van der Waals surface area contributed by atoms with Crippen molar-refractivity contribution in [3.05, 3.63) is 58.9 Å². The number of hydrogen-bond acceptors (Lipinski definition) is 2. The average molecular weight is 260 g/mol. The van der Waals surface area contributed by atoms with Crippen molar-refractivity contribution in [1.82, 2.24) is 0 Å². The Bertz CT molecular complexity index is 635. The predicted octanol–water partition coefficient (Wildman–Crippen LogP) is 3.93. The summed E-state index contributed by atoms with van der Waals surface area (Å²) in [5, 5.41) is 9.08. The zero-order valence-corrected chi connectivity index (χ0v) is 10.6. The first-order valence-corrected chi connectivity index (χ1v) is 5.75. The van der Waals surface area contributed by atoms with Crippen molar-refractivity contribution in [1.29, 1.82) is 0 Å². The van der Waals surface area contributed by atoms with Crippen LogP contribution in [0.25, 0.3) is 0 Å². The number of ether oxygens (including phenoxy) is 1. The van der Waals surface area contributed by atoms with Crippen LogP contribution in [0, 0.1) is 19.7 Å². The van der Waals surface area contributed by atoms with Gasteiger partial charge >= 0.3 is 5.97 Å². The van der Waals surface area contributed by atoms with E-state index in [0.717, 1.165) is 5.56 Å². The molecule has 0 fully saturated rings. The second kappa shape index (κ2) is 5.10. The molecule has 3 nitrogen and oxygen atoms in total. The van der Waals surface area contributed by atoms with E-state index in [9.17, 15) is 9.18 Å². The maximum Gasteiger partial charge on any atom is 0.339 e. The molecule has 0 bridgehead atoms. The Morgan fingerprint density at radius 3 is 2.53 bits per heavy atom. The van der Waals surface area contributed by atoms with Crippen LogP contribution in [0.15, 0.2) is 36.4 Å². The summed E-state index contributed by atoms with van der Waals surface area (Å²) >= 11 is 0. The van der Waals surface area contributed by atoms with Gasteiger partial charge in [-0.25, -0.2) is 9.18 Å². The van der Waals surface area contributed by atoms with E-state index in [1.165, 1.54) is 12.1 Å². The molecule has 0 saturated heterocycles. The lowest BCUT2D eigenvalue weighted by Crippen LogP contribution is -2.00. The molecule has 1 N–H and O–H groups in total. The molecule has 0 spiro atoms. The van der Waals surface area contributed by atoms with Crippen LogP contribution in [0.1, 0.15) is 21.5 Å². The molecule has 0 aliphatic rings. The SMILES string of the molecule is Cc1ccc(C(=O)O)c(Oc2ccc(C)c(F)c2)c1. The minimum atomic E-state index is -1.08. The number of halogens is 1. The van der Waals surface area contributed by atoms with E-state index in [4.69, 9.17) is 9.84 Å². The van der Waals surface area contributed by atoms with Crippen molar-refractivity contribution in [2.75, 3.05) is 0 Å². The van der Waals surface area contributed by atoms with E-state index in [2.05, 4.69) is 0 Å². The fourth-order valence-corrected chi connectivity index (χ4v) is 1.65. The molecular formula is C15H13FO3. The molecule has 2 aromatic carbocycles. The van der Waals surface area contributed by atoms with Crippen LogP contribution in [0.3, 0.4) is 0 Å². The smallest absolute Gasteiger partial charge is 0.339 e. The Balaban J connectivity index is 2.39. The minimum absolute atomic E-state index is 0.0478. The molecule has 4 heteroatoms. The number of carbonyl (C=O) groups is 1. The van der Waals surface area contributed by atoms with Crippen LogP contribution < -0.4 is 4.74 Å². The summed E-state index contributed by atoms with van der Waals surface area (Å²) in [6.45, 7) is 3.47. The number of aryl methyl sites for hydroxylation is 2. The summed E-state index contributed by atoms with van der Waals surface area (Å²) in [6.07, 6.45) is 0. The second-order valence-corrected chi connectivity index (χ2v) is 4.32. The molecule has 2 aromatic rings. The molecule has 0 radical (unpaired) electrons. The number of aromatic carboxylic acids is 1. The van der Waals surface area contributed by atoms with Crippen molar-refractivity contribution in [2.24, 2.45) is 0 Å². The average Bonchev–Trinajstić information content (AvgIpc) is 2.33. The highest BCUT2D eigenvalue weighted by Gasteiger charge is 2.12. The Kier molecular flexibility index (Phi) is 3.51. The molecule has 0 atom stereocenters. The zero-order chi connectivity index (χ0) is 14.0. The van der Waals surface area contributed by atoms with Crippen molar-refractivity contribution in [2.45, 2.75) is 13.8 Å².